The van der Waals surface area contributed by atoms with Crippen molar-refractivity contribution in [1.82, 2.24) is 10.2 Å². The van der Waals surface area contributed by atoms with E-state index in [-0.39, 0.29) is 17.9 Å². The molecule has 1 atom stereocenters. The van der Waals surface area contributed by atoms with Gasteiger partial charge < -0.3 is 20.3 Å². The van der Waals surface area contributed by atoms with Gasteiger partial charge in [0.15, 0.2) is 0 Å². The monoisotopic (exact) mass is 365 g/mol. The molecule has 0 spiro atoms. The fraction of sp³-hybridized carbons (Fsp3) is 0.556. The molecule has 136 valence electrons. The molecule has 7 heteroatoms. The lowest BCUT2D eigenvalue weighted by Crippen LogP contribution is -2.46. The number of anilines is 1. The first-order valence-electron chi connectivity index (χ1n) is 8.82. The third-order valence-electron chi connectivity index (χ3n) is 4.77. The van der Waals surface area contributed by atoms with Gasteiger partial charge in [-0.2, -0.15) is 0 Å². The van der Waals surface area contributed by atoms with Crippen LogP contribution in [0.2, 0.25) is 5.02 Å². The van der Waals surface area contributed by atoms with Gasteiger partial charge in [0.05, 0.1) is 5.56 Å². The predicted molar refractivity (Wildman–Crippen MR) is 97.0 cm³/mol. The fourth-order valence-electron chi connectivity index (χ4n) is 3.48. The number of benzene rings is 1. The summed E-state index contributed by atoms with van der Waals surface area (Å²) >= 11 is 6.04. The first-order chi connectivity index (χ1) is 12.1. The highest BCUT2D eigenvalue weighted by molar-refractivity contribution is 6.31. The zero-order valence-corrected chi connectivity index (χ0v) is 15.1. The highest BCUT2D eigenvalue weighted by Gasteiger charge is 2.37. The Bertz CT molecular complexity index is 646. The van der Waals surface area contributed by atoms with Crippen LogP contribution in [-0.2, 0) is 9.53 Å². The van der Waals surface area contributed by atoms with Crippen molar-refractivity contribution in [3.05, 3.63) is 28.8 Å². The molecular formula is C18H24ClN3O3. The van der Waals surface area contributed by atoms with Crippen LogP contribution in [0.3, 0.4) is 0 Å². The van der Waals surface area contributed by atoms with Crippen LogP contribution in [0.5, 0.6) is 0 Å². The topological polar surface area (TPSA) is 70.7 Å². The van der Waals surface area contributed by atoms with E-state index in [4.69, 9.17) is 16.3 Å². The standard InChI is InChI=1S/C18H24ClN3O3/c1-2-20-15-4-3-12(19)11-14(15)17(23)21-16-5-8-22(18(16)24)13-6-9-25-10-7-13/h3-4,11,13,16,20H,2,5-10H2,1H3,(H,21,23). The van der Waals surface area contributed by atoms with Gasteiger partial charge in [-0.05, 0) is 44.4 Å². The zero-order chi connectivity index (χ0) is 17.8. The second kappa shape index (κ2) is 8.06. The third kappa shape index (κ3) is 4.07. The second-order valence-electron chi connectivity index (χ2n) is 6.41. The Labute approximate surface area is 152 Å². The van der Waals surface area contributed by atoms with Crippen LogP contribution in [0.1, 0.15) is 36.5 Å². The summed E-state index contributed by atoms with van der Waals surface area (Å²) in [6.07, 6.45) is 2.37. The Balaban J connectivity index is 1.67. The summed E-state index contributed by atoms with van der Waals surface area (Å²) in [4.78, 5) is 27.3. The number of nitrogens with one attached hydrogen (secondary N) is 2. The molecule has 2 aliphatic heterocycles. The number of hydrogen-bond acceptors (Lipinski definition) is 4. The predicted octanol–water partition coefficient (Wildman–Crippen LogP) is 2.28. The first kappa shape index (κ1) is 18.0. The molecule has 2 fully saturated rings. The van der Waals surface area contributed by atoms with Gasteiger partial charge in [0.1, 0.15) is 6.04 Å². The van der Waals surface area contributed by atoms with Gasteiger partial charge in [0.25, 0.3) is 5.91 Å². The largest absolute Gasteiger partial charge is 0.385 e. The van der Waals surface area contributed by atoms with Crippen molar-refractivity contribution in [3.8, 4) is 0 Å². The maximum absolute atomic E-state index is 12.7. The minimum Gasteiger partial charge on any atom is -0.385 e. The van der Waals surface area contributed by atoms with E-state index in [9.17, 15) is 9.59 Å². The van der Waals surface area contributed by atoms with E-state index in [1.165, 1.54) is 0 Å². The summed E-state index contributed by atoms with van der Waals surface area (Å²) in [6, 6.07) is 4.91. The Kier molecular flexibility index (Phi) is 5.81. The Morgan fingerprint density at radius 1 is 1.32 bits per heavy atom. The molecule has 0 aromatic heterocycles. The lowest BCUT2D eigenvalue weighted by atomic mass is 10.1. The summed E-state index contributed by atoms with van der Waals surface area (Å²) in [7, 11) is 0. The molecule has 1 aromatic rings. The minimum absolute atomic E-state index is 0.00674. The van der Waals surface area contributed by atoms with E-state index in [0.29, 0.717) is 43.3 Å². The number of rotatable bonds is 5. The third-order valence-corrected chi connectivity index (χ3v) is 5.01. The maximum Gasteiger partial charge on any atom is 0.254 e. The molecule has 25 heavy (non-hydrogen) atoms. The summed E-state index contributed by atoms with van der Waals surface area (Å²) in [6.45, 7) is 4.73. The van der Waals surface area contributed by atoms with Crippen LogP contribution in [0, 0.1) is 0 Å². The summed E-state index contributed by atoms with van der Waals surface area (Å²) < 4.78 is 5.36. The fourth-order valence-corrected chi connectivity index (χ4v) is 3.65. The molecule has 2 heterocycles. The maximum atomic E-state index is 12.7. The summed E-state index contributed by atoms with van der Waals surface area (Å²) in [5.74, 6) is -0.266. The second-order valence-corrected chi connectivity index (χ2v) is 6.85. The van der Waals surface area contributed by atoms with Gasteiger partial charge in [-0.25, -0.2) is 0 Å². The highest BCUT2D eigenvalue weighted by atomic mass is 35.5. The molecule has 6 nitrogen and oxygen atoms in total. The van der Waals surface area contributed by atoms with Gasteiger partial charge >= 0.3 is 0 Å². The van der Waals surface area contributed by atoms with E-state index in [1.54, 1.807) is 18.2 Å². The first-order valence-corrected chi connectivity index (χ1v) is 9.20. The number of carbonyl (C=O) groups is 2. The Morgan fingerprint density at radius 3 is 2.80 bits per heavy atom. The number of hydrogen-bond donors (Lipinski definition) is 2. The molecule has 0 radical (unpaired) electrons. The molecule has 3 rings (SSSR count). The lowest BCUT2D eigenvalue weighted by Gasteiger charge is -2.31. The molecular weight excluding hydrogens is 342 g/mol. The minimum atomic E-state index is -0.469. The van der Waals surface area contributed by atoms with E-state index in [2.05, 4.69) is 10.6 Å². The summed E-state index contributed by atoms with van der Waals surface area (Å²) in [5.41, 5.74) is 1.18. The van der Waals surface area contributed by atoms with Crippen LogP contribution in [-0.4, -0.2) is 55.1 Å². The molecule has 2 N–H and O–H groups in total. The van der Waals surface area contributed by atoms with Crippen molar-refractivity contribution >= 4 is 29.1 Å². The van der Waals surface area contributed by atoms with Gasteiger partial charge in [-0.15, -0.1) is 0 Å². The Hall–Kier alpha value is -1.79. The van der Waals surface area contributed by atoms with Crippen LogP contribution < -0.4 is 10.6 Å². The summed E-state index contributed by atoms with van der Waals surface area (Å²) in [5, 5.41) is 6.53. The Morgan fingerprint density at radius 2 is 2.08 bits per heavy atom. The molecule has 1 aromatic carbocycles. The highest BCUT2D eigenvalue weighted by Crippen LogP contribution is 2.24. The van der Waals surface area contributed by atoms with E-state index < -0.39 is 6.04 Å². The molecule has 0 bridgehead atoms. The molecule has 0 saturated carbocycles. The van der Waals surface area contributed by atoms with Crippen molar-refractivity contribution in [3.63, 3.8) is 0 Å². The zero-order valence-electron chi connectivity index (χ0n) is 14.4. The number of likely N-dealkylation sites (tertiary alicyclic amines) is 1. The van der Waals surface area contributed by atoms with E-state index in [0.717, 1.165) is 18.5 Å². The van der Waals surface area contributed by atoms with Crippen LogP contribution >= 0.6 is 11.6 Å². The number of nitrogens with zero attached hydrogens (tertiary/aromatic N) is 1. The average molecular weight is 366 g/mol. The van der Waals surface area contributed by atoms with Gasteiger partial charge in [0, 0.05) is 43.1 Å². The SMILES string of the molecule is CCNc1ccc(Cl)cc1C(=O)NC1CCN(C2CCOCC2)C1=O. The van der Waals surface area contributed by atoms with Crippen molar-refractivity contribution in [2.45, 2.75) is 38.3 Å². The molecule has 0 aliphatic carbocycles. The number of halogens is 1. The molecule has 1 unspecified atom stereocenters. The smallest absolute Gasteiger partial charge is 0.254 e. The quantitative estimate of drug-likeness (QED) is 0.839. The van der Waals surface area contributed by atoms with Crippen molar-refractivity contribution in [2.75, 3.05) is 31.6 Å². The number of amides is 2. The lowest BCUT2D eigenvalue weighted by molar-refractivity contribution is -0.132. The van der Waals surface area contributed by atoms with Gasteiger partial charge in [-0.3, -0.25) is 9.59 Å². The van der Waals surface area contributed by atoms with Crippen LogP contribution in [0.25, 0.3) is 0 Å². The molecule has 2 saturated heterocycles. The molecule has 2 aliphatic rings. The van der Waals surface area contributed by atoms with E-state index >= 15 is 0 Å². The van der Waals surface area contributed by atoms with Crippen molar-refractivity contribution in [2.24, 2.45) is 0 Å². The number of carbonyl (C=O) groups excluding carboxylic acids is 2. The van der Waals surface area contributed by atoms with Gasteiger partial charge in [0.2, 0.25) is 5.91 Å². The van der Waals surface area contributed by atoms with Crippen molar-refractivity contribution in [1.29, 1.82) is 0 Å². The average Bonchev–Trinajstić information content (AvgIpc) is 2.98. The van der Waals surface area contributed by atoms with Crippen molar-refractivity contribution < 1.29 is 14.3 Å². The van der Waals surface area contributed by atoms with Crippen LogP contribution in [0.15, 0.2) is 18.2 Å². The normalized spacial score (nSPS) is 21.4. The van der Waals surface area contributed by atoms with Gasteiger partial charge in [-0.1, -0.05) is 11.6 Å². The number of ether oxygens (including phenoxy) is 1. The molecule has 2 amide bonds. The van der Waals surface area contributed by atoms with E-state index in [1.807, 2.05) is 11.8 Å². The van der Waals surface area contributed by atoms with Crippen LogP contribution in [0.4, 0.5) is 5.69 Å².